The molecule has 0 aromatic heterocycles. The van der Waals surface area contributed by atoms with E-state index in [2.05, 4.69) is 0 Å². The van der Waals surface area contributed by atoms with Crippen molar-refractivity contribution < 1.29 is 9.53 Å². The summed E-state index contributed by atoms with van der Waals surface area (Å²) >= 11 is 0. The third kappa shape index (κ3) is 5.08. The van der Waals surface area contributed by atoms with Crippen LogP contribution in [0.5, 0.6) is 0 Å². The Morgan fingerprint density at radius 2 is 1.92 bits per heavy atom. The highest BCUT2D eigenvalue weighted by Gasteiger charge is 2.19. The van der Waals surface area contributed by atoms with Gasteiger partial charge in [0.1, 0.15) is 0 Å². The van der Waals surface area contributed by atoms with Crippen LogP contribution in [0.1, 0.15) is 34.1 Å². The average molecular weight is 170 g/mol. The molecule has 0 N–H and O–H groups in total. The van der Waals surface area contributed by atoms with Gasteiger partial charge in [-0.2, -0.15) is 0 Å². The zero-order valence-electron chi connectivity index (χ0n) is 8.60. The van der Waals surface area contributed by atoms with Crippen LogP contribution in [0.15, 0.2) is 11.6 Å². The van der Waals surface area contributed by atoms with Crippen LogP contribution >= 0.6 is 0 Å². The number of allylic oxidation sites excluding steroid dienone is 2. The Balaban J connectivity index is 4.10. The third-order valence-corrected chi connectivity index (χ3v) is 1.60. The largest absolute Gasteiger partial charge is 0.378 e. The summed E-state index contributed by atoms with van der Waals surface area (Å²) in [5, 5.41) is 0. The van der Waals surface area contributed by atoms with Crippen molar-refractivity contribution >= 4 is 5.78 Å². The fourth-order valence-electron chi connectivity index (χ4n) is 0.865. The molecule has 70 valence electrons. The molecule has 0 aliphatic carbocycles. The molecule has 0 unspecified atom stereocenters. The van der Waals surface area contributed by atoms with E-state index in [-0.39, 0.29) is 11.4 Å². The standard InChI is InChI=1S/C10H18O2/c1-8(2)6-9(11)7-10(3,4)12-5/h6H,7H2,1-5H3. The van der Waals surface area contributed by atoms with Crippen molar-refractivity contribution in [3.8, 4) is 0 Å². The molecule has 0 atom stereocenters. The highest BCUT2D eigenvalue weighted by molar-refractivity contribution is 5.90. The van der Waals surface area contributed by atoms with Crippen molar-refractivity contribution in [3.63, 3.8) is 0 Å². The summed E-state index contributed by atoms with van der Waals surface area (Å²) in [6, 6.07) is 0. The first-order valence-corrected chi connectivity index (χ1v) is 4.10. The van der Waals surface area contributed by atoms with Crippen molar-refractivity contribution in [3.05, 3.63) is 11.6 Å². The van der Waals surface area contributed by atoms with Gasteiger partial charge in [-0.3, -0.25) is 4.79 Å². The van der Waals surface area contributed by atoms with E-state index in [1.165, 1.54) is 0 Å². The zero-order valence-corrected chi connectivity index (χ0v) is 8.60. The molecule has 2 heteroatoms. The van der Waals surface area contributed by atoms with Gasteiger partial charge in [0.15, 0.2) is 5.78 Å². The number of rotatable bonds is 4. The number of carbonyl (C=O) groups is 1. The van der Waals surface area contributed by atoms with Gasteiger partial charge in [-0.25, -0.2) is 0 Å². The van der Waals surface area contributed by atoms with Crippen LogP contribution in [0.4, 0.5) is 0 Å². The summed E-state index contributed by atoms with van der Waals surface area (Å²) in [5.41, 5.74) is 0.690. The van der Waals surface area contributed by atoms with E-state index in [1.807, 2.05) is 27.7 Å². The van der Waals surface area contributed by atoms with E-state index in [1.54, 1.807) is 13.2 Å². The van der Waals surface area contributed by atoms with Crippen molar-refractivity contribution in [1.82, 2.24) is 0 Å². The van der Waals surface area contributed by atoms with E-state index >= 15 is 0 Å². The summed E-state index contributed by atoms with van der Waals surface area (Å²) < 4.78 is 5.14. The fraction of sp³-hybridized carbons (Fsp3) is 0.700. The minimum atomic E-state index is -0.344. The highest BCUT2D eigenvalue weighted by Crippen LogP contribution is 2.13. The van der Waals surface area contributed by atoms with E-state index in [4.69, 9.17) is 4.74 Å². The molecule has 0 aromatic carbocycles. The quantitative estimate of drug-likeness (QED) is 0.605. The van der Waals surface area contributed by atoms with Crippen molar-refractivity contribution in [1.29, 1.82) is 0 Å². The lowest BCUT2D eigenvalue weighted by atomic mass is 10.0. The Labute approximate surface area is 74.6 Å². The van der Waals surface area contributed by atoms with Gasteiger partial charge >= 0.3 is 0 Å². The van der Waals surface area contributed by atoms with Gasteiger partial charge in [-0.05, 0) is 33.8 Å². The first kappa shape index (κ1) is 11.4. The van der Waals surface area contributed by atoms with Crippen molar-refractivity contribution in [2.45, 2.75) is 39.7 Å². The molecule has 0 rings (SSSR count). The topological polar surface area (TPSA) is 26.3 Å². The maximum absolute atomic E-state index is 11.3. The van der Waals surface area contributed by atoms with Gasteiger partial charge in [0, 0.05) is 13.5 Å². The normalized spacial score (nSPS) is 11.1. The van der Waals surface area contributed by atoms with Crippen LogP contribution in [0, 0.1) is 0 Å². The van der Waals surface area contributed by atoms with Crippen LogP contribution in [0.2, 0.25) is 0 Å². The molecule has 0 amide bonds. The summed E-state index contributed by atoms with van der Waals surface area (Å²) in [6.45, 7) is 7.64. The van der Waals surface area contributed by atoms with Gasteiger partial charge in [0.05, 0.1) is 5.60 Å². The molecule has 0 bridgehead atoms. The van der Waals surface area contributed by atoms with Crippen LogP contribution < -0.4 is 0 Å². The van der Waals surface area contributed by atoms with Gasteiger partial charge < -0.3 is 4.74 Å². The van der Waals surface area contributed by atoms with Gasteiger partial charge in [0.2, 0.25) is 0 Å². The van der Waals surface area contributed by atoms with Crippen molar-refractivity contribution in [2.24, 2.45) is 0 Å². The second-order valence-electron chi connectivity index (χ2n) is 3.83. The lowest BCUT2D eigenvalue weighted by Crippen LogP contribution is -2.25. The molecule has 0 saturated heterocycles. The molecule has 0 aliphatic rings. The molecule has 12 heavy (non-hydrogen) atoms. The Hall–Kier alpha value is -0.630. The minimum Gasteiger partial charge on any atom is -0.378 e. The Morgan fingerprint density at radius 1 is 1.42 bits per heavy atom. The maximum atomic E-state index is 11.3. The predicted molar refractivity (Wildman–Crippen MR) is 50.1 cm³/mol. The Kier molecular flexibility index (Phi) is 4.18. The molecule has 0 spiro atoms. The zero-order chi connectivity index (χ0) is 9.78. The van der Waals surface area contributed by atoms with E-state index in [0.717, 1.165) is 5.57 Å². The predicted octanol–water partition coefficient (Wildman–Crippen LogP) is 2.34. The number of hydrogen-bond donors (Lipinski definition) is 0. The molecule has 0 radical (unpaired) electrons. The van der Waals surface area contributed by atoms with Crippen LogP contribution in [0.25, 0.3) is 0 Å². The lowest BCUT2D eigenvalue weighted by molar-refractivity contribution is -0.119. The van der Waals surface area contributed by atoms with Gasteiger partial charge in [-0.15, -0.1) is 0 Å². The first-order valence-electron chi connectivity index (χ1n) is 4.10. The number of hydrogen-bond acceptors (Lipinski definition) is 2. The summed E-state index contributed by atoms with van der Waals surface area (Å²) in [7, 11) is 1.62. The summed E-state index contributed by atoms with van der Waals surface area (Å²) in [6.07, 6.45) is 2.09. The third-order valence-electron chi connectivity index (χ3n) is 1.60. The molecule has 2 nitrogen and oxygen atoms in total. The highest BCUT2D eigenvalue weighted by atomic mass is 16.5. The molecular weight excluding hydrogens is 152 g/mol. The lowest BCUT2D eigenvalue weighted by Gasteiger charge is -2.20. The van der Waals surface area contributed by atoms with Crippen LogP contribution in [-0.2, 0) is 9.53 Å². The molecule has 0 aromatic rings. The Bertz CT molecular complexity index is 186. The monoisotopic (exact) mass is 170 g/mol. The van der Waals surface area contributed by atoms with Gasteiger partial charge in [0.25, 0.3) is 0 Å². The Morgan fingerprint density at radius 3 is 2.25 bits per heavy atom. The smallest absolute Gasteiger partial charge is 0.158 e. The molecule has 0 aliphatic heterocycles. The second kappa shape index (κ2) is 4.41. The SMILES string of the molecule is COC(C)(C)CC(=O)C=C(C)C. The van der Waals surface area contributed by atoms with Crippen molar-refractivity contribution in [2.75, 3.05) is 7.11 Å². The first-order chi connectivity index (χ1) is 5.37. The number of ether oxygens (including phenoxy) is 1. The average Bonchev–Trinajstić information content (AvgIpc) is 1.84. The molecule has 0 fully saturated rings. The number of ketones is 1. The maximum Gasteiger partial charge on any atom is 0.158 e. The molecule has 0 heterocycles. The molecule has 0 saturated carbocycles. The fourth-order valence-corrected chi connectivity index (χ4v) is 0.865. The summed E-state index contributed by atoms with van der Waals surface area (Å²) in [5.74, 6) is 0.127. The number of methoxy groups -OCH3 is 1. The van der Waals surface area contributed by atoms with E-state index in [0.29, 0.717) is 6.42 Å². The molecular formula is C10H18O2. The number of carbonyl (C=O) groups excluding carboxylic acids is 1. The van der Waals surface area contributed by atoms with Gasteiger partial charge in [-0.1, -0.05) is 5.57 Å². The van der Waals surface area contributed by atoms with E-state index < -0.39 is 0 Å². The second-order valence-corrected chi connectivity index (χ2v) is 3.83. The minimum absolute atomic E-state index is 0.127. The van der Waals surface area contributed by atoms with E-state index in [9.17, 15) is 4.79 Å². The summed E-state index contributed by atoms with van der Waals surface area (Å²) in [4.78, 5) is 11.3. The van der Waals surface area contributed by atoms with Crippen LogP contribution in [0.3, 0.4) is 0 Å². The van der Waals surface area contributed by atoms with Crippen LogP contribution in [-0.4, -0.2) is 18.5 Å².